The Morgan fingerprint density at radius 1 is 1.38 bits per heavy atom. The molecular weight excluding hydrogens is 307 g/mol. The molecule has 1 aliphatic heterocycles. The van der Waals surface area contributed by atoms with Gasteiger partial charge in [-0.1, -0.05) is 18.5 Å². The summed E-state index contributed by atoms with van der Waals surface area (Å²) in [6.07, 6.45) is 6.39. The summed E-state index contributed by atoms with van der Waals surface area (Å²) >= 11 is 6.01. The van der Waals surface area contributed by atoms with Gasteiger partial charge in [0, 0.05) is 31.5 Å². The van der Waals surface area contributed by atoms with E-state index in [9.17, 15) is 0 Å². The van der Waals surface area contributed by atoms with E-state index in [0.29, 0.717) is 6.04 Å². The van der Waals surface area contributed by atoms with Crippen LogP contribution in [0.4, 0.5) is 0 Å². The molecule has 6 heteroatoms. The van der Waals surface area contributed by atoms with E-state index in [0.717, 1.165) is 41.9 Å². The van der Waals surface area contributed by atoms with Gasteiger partial charge < -0.3 is 10.1 Å². The Balaban J connectivity index is 0.00000161. The smallest absolute Gasteiger partial charge is 0.137 e. The molecule has 0 saturated carbocycles. The minimum absolute atomic E-state index is 0. The van der Waals surface area contributed by atoms with Crippen LogP contribution in [0.1, 0.15) is 25.5 Å². The molecule has 0 radical (unpaired) electrons. The van der Waals surface area contributed by atoms with Gasteiger partial charge in [0.2, 0.25) is 0 Å². The third-order valence-electron chi connectivity index (χ3n) is 4.20. The monoisotopic (exact) mass is 328 g/mol. The van der Waals surface area contributed by atoms with E-state index < -0.39 is 0 Å². The summed E-state index contributed by atoms with van der Waals surface area (Å²) in [5, 5.41) is 0.730. The fourth-order valence-corrected chi connectivity index (χ4v) is 3.22. The number of aromatic nitrogens is 2. The van der Waals surface area contributed by atoms with Crippen LogP contribution in [0.25, 0.3) is 5.65 Å². The molecule has 4 nitrogen and oxygen atoms in total. The quantitative estimate of drug-likeness (QED) is 0.942. The summed E-state index contributed by atoms with van der Waals surface area (Å²) in [5.74, 6) is 0.777. The van der Waals surface area contributed by atoms with Crippen molar-refractivity contribution in [3.63, 3.8) is 0 Å². The predicted octanol–water partition coefficient (Wildman–Crippen LogP) is 2.97. The highest BCUT2D eigenvalue weighted by Gasteiger charge is 2.25. The lowest BCUT2D eigenvalue weighted by molar-refractivity contribution is 0.114. The largest absolute Gasteiger partial charge is 0.329 e. The molecule has 0 spiro atoms. The van der Waals surface area contributed by atoms with Gasteiger partial charge in [-0.15, -0.1) is 12.4 Å². The molecule has 21 heavy (non-hydrogen) atoms. The average Bonchev–Trinajstić information content (AvgIpc) is 2.82. The molecule has 3 rings (SSSR count). The average molecular weight is 329 g/mol. The van der Waals surface area contributed by atoms with Crippen molar-refractivity contribution >= 4 is 29.7 Å². The molecule has 0 aliphatic carbocycles. The summed E-state index contributed by atoms with van der Waals surface area (Å²) in [7, 11) is 0. The summed E-state index contributed by atoms with van der Waals surface area (Å²) in [5.41, 5.74) is 7.95. The van der Waals surface area contributed by atoms with E-state index in [1.54, 1.807) is 0 Å². The molecule has 0 amide bonds. The summed E-state index contributed by atoms with van der Waals surface area (Å²) in [4.78, 5) is 7.12. The first-order valence-electron chi connectivity index (χ1n) is 7.23. The number of hydrogen-bond donors (Lipinski definition) is 1. The number of likely N-dealkylation sites (tertiary alicyclic amines) is 1. The van der Waals surface area contributed by atoms with Gasteiger partial charge in [0.15, 0.2) is 0 Å². The maximum Gasteiger partial charge on any atom is 0.137 e. The Kier molecular flexibility index (Phi) is 5.49. The first-order chi connectivity index (χ1) is 9.65. The molecule has 2 unspecified atom stereocenters. The number of imidazole rings is 1. The topological polar surface area (TPSA) is 46.6 Å². The second kappa shape index (κ2) is 6.97. The number of hydrogen-bond acceptors (Lipinski definition) is 3. The maximum absolute atomic E-state index is 6.01. The molecule has 2 aromatic heterocycles. The fraction of sp³-hybridized carbons (Fsp3) is 0.533. The highest BCUT2D eigenvalue weighted by molar-refractivity contribution is 6.30. The highest BCUT2D eigenvalue weighted by atomic mass is 35.5. The van der Waals surface area contributed by atoms with E-state index in [1.807, 2.05) is 22.7 Å². The molecule has 1 saturated heterocycles. The molecule has 2 N–H and O–H groups in total. The van der Waals surface area contributed by atoms with Crippen LogP contribution in [-0.4, -0.2) is 33.4 Å². The zero-order chi connectivity index (χ0) is 14.1. The minimum atomic E-state index is 0. The predicted molar refractivity (Wildman–Crippen MR) is 89.1 cm³/mol. The van der Waals surface area contributed by atoms with Crippen LogP contribution in [-0.2, 0) is 6.54 Å². The van der Waals surface area contributed by atoms with E-state index in [1.165, 1.54) is 12.8 Å². The van der Waals surface area contributed by atoms with Crippen molar-refractivity contribution in [2.75, 3.05) is 13.1 Å². The Labute approximate surface area is 136 Å². The number of nitrogens with two attached hydrogens (primary N) is 1. The molecule has 1 fully saturated rings. The molecule has 0 bridgehead atoms. The Bertz CT molecular complexity index is 598. The molecule has 2 aromatic rings. The number of rotatable bonds is 3. The van der Waals surface area contributed by atoms with E-state index in [4.69, 9.17) is 17.3 Å². The third-order valence-corrected chi connectivity index (χ3v) is 4.43. The Morgan fingerprint density at radius 3 is 2.95 bits per heavy atom. The standard InChI is InChI=1S/C15H21ClN4.ClH/c1-11-4-5-19(14(6-11)7-17)9-13-10-20-8-12(16)2-3-15(20)18-13;/h2-3,8,10-11,14H,4-7,9,17H2,1H3;1H. The van der Waals surface area contributed by atoms with Crippen LogP contribution < -0.4 is 5.73 Å². The second-order valence-electron chi connectivity index (χ2n) is 5.83. The fourth-order valence-electron chi connectivity index (χ4n) is 3.06. The number of piperidine rings is 1. The van der Waals surface area contributed by atoms with Crippen molar-refractivity contribution < 1.29 is 0 Å². The zero-order valence-electron chi connectivity index (χ0n) is 12.2. The van der Waals surface area contributed by atoms with Crippen molar-refractivity contribution in [2.45, 2.75) is 32.4 Å². The number of nitrogens with zero attached hydrogens (tertiary/aromatic N) is 3. The van der Waals surface area contributed by atoms with Crippen LogP contribution in [0.3, 0.4) is 0 Å². The Morgan fingerprint density at radius 2 is 2.19 bits per heavy atom. The molecule has 0 aromatic carbocycles. The van der Waals surface area contributed by atoms with E-state index in [-0.39, 0.29) is 12.4 Å². The summed E-state index contributed by atoms with van der Waals surface area (Å²) in [6, 6.07) is 4.30. The molecule has 1 aliphatic rings. The van der Waals surface area contributed by atoms with Crippen LogP contribution in [0.15, 0.2) is 24.5 Å². The van der Waals surface area contributed by atoms with Crippen LogP contribution in [0.5, 0.6) is 0 Å². The summed E-state index contributed by atoms with van der Waals surface area (Å²) in [6.45, 7) is 5.02. The summed E-state index contributed by atoms with van der Waals surface area (Å²) < 4.78 is 1.99. The van der Waals surface area contributed by atoms with Crippen molar-refractivity contribution in [3.05, 3.63) is 35.2 Å². The van der Waals surface area contributed by atoms with Crippen molar-refractivity contribution in [1.29, 1.82) is 0 Å². The van der Waals surface area contributed by atoms with Gasteiger partial charge in [-0.2, -0.15) is 0 Å². The number of fused-ring (bicyclic) bond motifs is 1. The number of halogens is 2. The van der Waals surface area contributed by atoms with Crippen molar-refractivity contribution in [2.24, 2.45) is 11.7 Å². The van der Waals surface area contributed by atoms with Crippen molar-refractivity contribution in [3.8, 4) is 0 Å². The van der Waals surface area contributed by atoms with Gasteiger partial charge >= 0.3 is 0 Å². The van der Waals surface area contributed by atoms with Gasteiger partial charge in [0.05, 0.1) is 10.7 Å². The van der Waals surface area contributed by atoms with E-state index in [2.05, 4.69) is 23.0 Å². The van der Waals surface area contributed by atoms with Crippen LogP contribution >= 0.6 is 24.0 Å². The second-order valence-corrected chi connectivity index (χ2v) is 6.27. The van der Waals surface area contributed by atoms with Crippen LogP contribution in [0, 0.1) is 5.92 Å². The van der Waals surface area contributed by atoms with E-state index >= 15 is 0 Å². The molecular formula is C15H22Cl2N4. The lowest BCUT2D eigenvalue weighted by Gasteiger charge is -2.37. The first-order valence-corrected chi connectivity index (χ1v) is 7.60. The first kappa shape index (κ1) is 16.6. The van der Waals surface area contributed by atoms with Gasteiger partial charge in [0.1, 0.15) is 5.65 Å². The van der Waals surface area contributed by atoms with Gasteiger partial charge in [-0.25, -0.2) is 4.98 Å². The minimum Gasteiger partial charge on any atom is -0.329 e. The lowest BCUT2D eigenvalue weighted by atomic mass is 9.92. The highest BCUT2D eigenvalue weighted by Crippen LogP contribution is 2.23. The van der Waals surface area contributed by atoms with Crippen LogP contribution in [0.2, 0.25) is 5.02 Å². The van der Waals surface area contributed by atoms with Crippen molar-refractivity contribution in [1.82, 2.24) is 14.3 Å². The normalized spacial score (nSPS) is 23.2. The van der Waals surface area contributed by atoms with Gasteiger partial charge in [-0.05, 0) is 37.4 Å². The molecule has 3 heterocycles. The zero-order valence-corrected chi connectivity index (χ0v) is 13.8. The number of pyridine rings is 1. The SMILES string of the molecule is CC1CCN(Cc2cn3cc(Cl)ccc3n2)C(CN)C1.Cl. The maximum atomic E-state index is 6.01. The molecule has 116 valence electrons. The Hall–Kier alpha value is -0.810. The van der Waals surface area contributed by atoms with Gasteiger partial charge in [0.25, 0.3) is 0 Å². The molecule has 2 atom stereocenters. The van der Waals surface area contributed by atoms with Gasteiger partial charge in [-0.3, -0.25) is 4.90 Å². The third kappa shape index (κ3) is 3.69. The lowest BCUT2D eigenvalue weighted by Crippen LogP contribution is -2.45.